The van der Waals surface area contributed by atoms with Gasteiger partial charge in [0, 0.05) is 61.5 Å². The number of halogens is 2. The molecule has 4 heterocycles. The maximum absolute atomic E-state index is 15.7. The van der Waals surface area contributed by atoms with Gasteiger partial charge in [0.1, 0.15) is 11.6 Å². The smallest absolute Gasteiger partial charge is 0.263 e. The molecule has 2 aromatic carbocycles. The summed E-state index contributed by atoms with van der Waals surface area (Å²) in [4.78, 5) is 34.0. The number of likely N-dealkylation sites (tertiary alicyclic amines) is 1. The number of carbonyl (C=O) groups excluding carboxylic acids is 2. The molecule has 2 aliphatic heterocycles. The molecule has 2 amide bonds. The fraction of sp³-hybridized carbons (Fsp3) is 0.333. The minimum absolute atomic E-state index is 0.00300. The molecular weight excluding hydrogens is 528 g/mol. The van der Waals surface area contributed by atoms with E-state index < -0.39 is 11.6 Å². The van der Waals surface area contributed by atoms with Crippen molar-refractivity contribution in [2.45, 2.75) is 31.0 Å². The topological polar surface area (TPSA) is 106 Å². The number of aromatic nitrogens is 3. The summed E-state index contributed by atoms with van der Waals surface area (Å²) in [6.45, 7) is 1.54. The molecule has 0 aliphatic carbocycles. The van der Waals surface area contributed by atoms with Gasteiger partial charge in [-0.1, -0.05) is 6.07 Å². The van der Waals surface area contributed by atoms with E-state index >= 15 is 4.39 Å². The van der Waals surface area contributed by atoms with Gasteiger partial charge < -0.3 is 15.5 Å². The van der Waals surface area contributed by atoms with Crippen LogP contribution in [0.4, 0.5) is 20.3 Å². The van der Waals surface area contributed by atoms with Crippen molar-refractivity contribution in [3.8, 4) is 11.3 Å². The van der Waals surface area contributed by atoms with Crippen LogP contribution in [0.15, 0.2) is 66.9 Å². The van der Waals surface area contributed by atoms with Crippen molar-refractivity contribution < 1.29 is 18.4 Å². The summed E-state index contributed by atoms with van der Waals surface area (Å²) >= 11 is 0. The SMILES string of the molecule is O=C(CN1CCC(F)(C(=O)Nc2ccc3[nH]nc(-c4ccc(F)cc4)c3c2)C1)NC[C@@H]1CCCN1c1ccccn1. The number of alkyl halides is 1. The maximum atomic E-state index is 15.7. The molecule has 1 unspecified atom stereocenters. The Morgan fingerprint density at radius 3 is 2.76 bits per heavy atom. The minimum Gasteiger partial charge on any atom is -0.353 e. The molecule has 3 N–H and O–H groups in total. The Labute approximate surface area is 235 Å². The highest BCUT2D eigenvalue weighted by Crippen LogP contribution is 2.31. The second-order valence-electron chi connectivity index (χ2n) is 10.7. The molecule has 2 aromatic heterocycles. The van der Waals surface area contributed by atoms with Crippen LogP contribution in [0.5, 0.6) is 0 Å². The lowest BCUT2D eigenvalue weighted by Crippen LogP contribution is -2.45. The number of benzene rings is 2. The fourth-order valence-corrected chi connectivity index (χ4v) is 5.69. The molecule has 0 bridgehead atoms. The first-order valence-electron chi connectivity index (χ1n) is 13.8. The van der Waals surface area contributed by atoms with Crippen molar-refractivity contribution in [3.63, 3.8) is 0 Å². The maximum Gasteiger partial charge on any atom is 0.263 e. The Balaban J connectivity index is 1.04. The fourth-order valence-electron chi connectivity index (χ4n) is 5.69. The van der Waals surface area contributed by atoms with Crippen LogP contribution in [-0.4, -0.2) is 76.3 Å². The number of aromatic amines is 1. The zero-order chi connectivity index (χ0) is 28.4. The van der Waals surface area contributed by atoms with E-state index in [2.05, 4.69) is 30.7 Å². The molecule has 6 rings (SSSR count). The Morgan fingerprint density at radius 1 is 1.10 bits per heavy atom. The van der Waals surface area contributed by atoms with E-state index in [1.807, 2.05) is 18.2 Å². The summed E-state index contributed by atoms with van der Waals surface area (Å²) < 4.78 is 29.1. The van der Waals surface area contributed by atoms with Gasteiger partial charge in [-0.15, -0.1) is 0 Å². The van der Waals surface area contributed by atoms with Gasteiger partial charge in [-0.3, -0.25) is 19.6 Å². The molecule has 4 aromatic rings. The molecule has 41 heavy (non-hydrogen) atoms. The molecule has 11 heteroatoms. The standard InChI is InChI=1S/C30H31F2N7O2/c31-21-8-6-20(7-9-21)28-24-16-22(10-11-25(24)36-37-28)35-29(41)30(32)12-15-38(19-30)18-27(40)34-17-23-4-3-14-39(23)26-5-1-2-13-33-26/h1-2,5-11,13,16,23H,3-4,12,14-15,17-19H2,(H,34,40)(H,35,41)(H,36,37)/t23-,30?/m0/s1. The van der Waals surface area contributed by atoms with E-state index in [1.165, 1.54) is 12.1 Å². The zero-order valence-electron chi connectivity index (χ0n) is 22.4. The van der Waals surface area contributed by atoms with Gasteiger partial charge in [-0.2, -0.15) is 5.10 Å². The van der Waals surface area contributed by atoms with Crippen LogP contribution in [0.3, 0.4) is 0 Å². The molecule has 2 atom stereocenters. The molecule has 2 fully saturated rings. The largest absolute Gasteiger partial charge is 0.353 e. The summed E-state index contributed by atoms with van der Waals surface area (Å²) in [5, 5.41) is 13.6. The van der Waals surface area contributed by atoms with Crippen LogP contribution >= 0.6 is 0 Å². The third-order valence-electron chi connectivity index (χ3n) is 7.87. The van der Waals surface area contributed by atoms with E-state index in [1.54, 1.807) is 41.4 Å². The second-order valence-corrected chi connectivity index (χ2v) is 10.7. The van der Waals surface area contributed by atoms with Crippen LogP contribution in [0.2, 0.25) is 0 Å². The Morgan fingerprint density at radius 2 is 1.95 bits per heavy atom. The first kappa shape index (κ1) is 26.8. The van der Waals surface area contributed by atoms with Crippen LogP contribution in [0.25, 0.3) is 22.2 Å². The zero-order valence-corrected chi connectivity index (χ0v) is 22.4. The van der Waals surface area contributed by atoms with Crippen LogP contribution < -0.4 is 15.5 Å². The van der Waals surface area contributed by atoms with E-state index in [9.17, 15) is 14.0 Å². The molecule has 0 radical (unpaired) electrons. The highest BCUT2D eigenvalue weighted by molar-refractivity contribution is 6.01. The highest BCUT2D eigenvalue weighted by Gasteiger charge is 2.45. The van der Waals surface area contributed by atoms with Crippen LogP contribution in [0, 0.1) is 5.82 Å². The van der Waals surface area contributed by atoms with Crippen LogP contribution in [-0.2, 0) is 9.59 Å². The van der Waals surface area contributed by atoms with E-state index in [-0.39, 0.29) is 37.3 Å². The number of pyridine rings is 1. The third kappa shape index (κ3) is 5.76. The first-order valence-corrected chi connectivity index (χ1v) is 13.8. The summed E-state index contributed by atoms with van der Waals surface area (Å²) in [6.07, 6.45) is 3.75. The minimum atomic E-state index is -2.12. The van der Waals surface area contributed by atoms with E-state index in [4.69, 9.17) is 0 Å². The summed E-state index contributed by atoms with van der Waals surface area (Å²) in [5.41, 5.74) is 0.354. The van der Waals surface area contributed by atoms with Gasteiger partial charge in [0.2, 0.25) is 11.6 Å². The predicted molar refractivity (Wildman–Crippen MR) is 153 cm³/mol. The van der Waals surface area contributed by atoms with Gasteiger partial charge >= 0.3 is 0 Å². The highest BCUT2D eigenvalue weighted by atomic mass is 19.1. The predicted octanol–water partition coefficient (Wildman–Crippen LogP) is 3.90. The molecule has 0 spiro atoms. The van der Waals surface area contributed by atoms with Crippen molar-refractivity contribution in [2.75, 3.05) is 42.9 Å². The van der Waals surface area contributed by atoms with Gasteiger partial charge in [-0.25, -0.2) is 13.8 Å². The normalized spacial score (nSPS) is 20.9. The van der Waals surface area contributed by atoms with E-state index in [0.717, 1.165) is 36.1 Å². The lowest BCUT2D eigenvalue weighted by Gasteiger charge is -2.26. The van der Waals surface area contributed by atoms with Crippen molar-refractivity contribution in [3.05, 3.63) is 72.7 Å². The Kier molecular flexibility index (Phi) is 7.36. The van der Waals surface area contributed by atoms with Crippen molar-refractivity contribution >= 4 is 34.2 Å². The molecular formula is C30H31F2N7O2. The number of hydrogen-bond donors (Lipinski definition) is 3. The number of H-pyrrole nitrogens is 1. The Hall–Kier alpha value is -4.38. The first-order chi connectivity index (χ1) is 19.9. The van der Waals surface area contributed by atoms with E-state index in [0.29, 0.717) is 30.0 Å². The Bertz CT molecular complexity index is 1550. The van der Waals surface area contributed by atoms with Gasteiger partial charge in [0.05, 0.1) is 17.8 Å². The summed E-state index contributed by atoms with van der Waals surface area (Å²) in [5.74, 6) is -0.389. The molecule has 9 nitrogen and oxygen atoms in total. The van der Waals surface area contributed by atoms with Gasteiger partial charge in [0.25, 0.3) is 5.91 Å². The average molecular weight is 560 g/mol. The lowest BCUT2D eigenvalue weighted by atomic mass is 10.0. The summed E-state index contributed by atoms with van der Waals surface area (Å²) in [6, 6.07) is 17.1. The molecule has 212 valence electrons. The number of rotatable bonds is 8. The molecule has 2 aliphatic rings. The van der Waals surface area contributed by atoms with Crippen molar-refractivity contribution in [1.82, 2.24) is 25.4 Å². The number of anilines is 2. The number of carbonyl (C=O) groups is 2. The number of amides is 2. The number of fused-ring (bicyclic) bond motifs is 1. The lowest BCUT2D eigenvalue weighted by molar-refractivity contribution is -0.127. The van der Waals surface area contributed by atoms with Gasteiger partial charge in [-0.05, 0) is 67.4 Å². The second kappa shape index (κ2) is 11.2. The third-order valence-corrected chi connectivity index (χ3v) is 7.87. The van der Waals surface area contributed by atoms with Crippen molar-refractivity contribution in [2.24, 2.45) is 0 Å². The number of nitrogens with zero attached hydrogens (tertiary/aromatic N) is 4. The average Bonchev–Trinajstić information content (AvgIpc) is 3.72. The van der Waals surface area contributed by atoms with Crippen LogP contribution in [0.1, 0.15) is 19.3 Å². The number of nitrogens with one attached hydrogen (secondary N) is 3. The van der Waals surface area contributed by atoms with Gasteiger partial charge in [0.15, 0.2) is 0 Å². The quantitative estimate of drug-likeness (QED) is 0.302. The van der Waals surface area contributed by atoms with Crippen molar-refractivity contribution in [1.29, 1.82) is 0 Å². The molecule has 2 saturated heterocycles. The number of hydrogen-bond acceptors (Lipinski definition) is 6. The monoisotopic (exact) mass is 559 g/mol. The molecule has 0 saturated carbocycles. The summed E-state index contributed by atoms with van der Waals surface area (Å²) in [7, 11) is 0.